The van der Waals surface area contributed by atoms with Gasteiger partial charge in [0.25, 0.3) is 5.91 Å². The lowest BCUT2D eigenvalue weighted by Crippen LogP contribution is -2.48. The van der Waals surface area contributed by atoms with Crippen LogP contribution in [-0.4, -0.2) is 54.5 Å². The van der Waals surface area contributed by atoms with Crippen molar-refractivity contribution in [2.75, 3.05) is 13.2 Å². The van der Waals surface area contributed by atoms with Crippen LogP contribution in [0.25, 0.3) is 6.08 Å². The summed E-state index contributed by atoms with van der Waals surface area (Å²) in [5.74, 6) is -2.08. The Morgan fingerprint density at radius 1 is 1.33 bits per heavy atom. The van der Waals surface area contributed by atoms with E-state index < -0.39 is 35.8 Å². The molecule has 2 atom stereocenters. The number of carbonyl (C=O) groups is 2. The summed E-state index contributed by atoms with van der Waals surface area (Å²) in [6.45, 7) is 5.07. The number of benzene rings is 1. The highest BCUT2D eigenvalue weighted by atomic mass is 19.4. The Morgan fingerprint density at radius 3 is 2.64 bits per heavy atom. The lowest BCUT2D eigenvalue weighted by atomic mass is 9.96. The van der Waals surface area contributed by atoms with Gasteiger partial charge in [-0.15, -0.1) is 0 Å². The van der Waals surface area contributed by atoms with Crippen LogP contribution >= 0.6 is 0 Å². The molecule has 2 rings (SSSR count). The van der Waals surface area contributed by atoms with Gasteiger partial charge in [-0.3, -0.25) is 15.0 Å². The third-order valence-corrected chi connectivity index (χ3v) is 4.76. The molecule has 0 saturated carbocycles. The zero-order valence-corrected chi connectivity index (χ0v) is 18.5. The Balaban J connectivity index is 2.30. The first-order chi connectivity index (χ1) is 15.5. The number of guanidine groups is 1. The Morgan fingerprint density at radius 2 is 2.03 bits per heavy atom. The molecular weight excluding hydrogens is 445 g/mol. The van der Waals surface area contributed by atoms with E-state index in [0.717, 1.165) is 11.6 Å². The normalized spacial score (nSPS) is 16.8. The van der Waals surface area contributed by atoms with Gasteiger partial charge in [-0.05, 0) is 51.3 Å². The quantitative estimate of drug-likeness (QED) is 0.150. The summed E-state index contributed by atoms with van der Waals surface area (Å²) in [5.41, 5.74) is 7.91. The number of nitrogens with zero attached hydrogens (tertiary/aromatic N) is 1. The Labute approximate surface area is 188 Å². The van der Waals surface area contributed by atoms with Gasteiger partial charge >= 0.3 is 12.1 Å². The second-order valence-electron chi connectivity index (χ2n) is 7.44. The number of alkyl halides is 3. The van der Waals surface area contributed by atoms with Crippen LogP contribution < -0.4 is 21.3 Å². The molecule has 0 spiro atoms. The van der Waals surface area contributed by atoms with Crippen molar-refractivity contribution in [1.82, 2.24) is 10.8 Å². The summed E-state index contributed by atoms with van der Waals surface area (Å²) in [4.78, 5) is 28.9. The number of fused-ring (bicyclic) bond motifs is 1. The molecule has 1 aromatic carbocycles. The first-order valence-electron chi connectivity index (χ1n) is 10.2. The second kappa shape index (κ2) is 11.0. The van der Waals surface area contributed by atoms with Crippen molar-refractivity contribution in [2.45, 2.75) is 51.9 Å². The number of aryl methyl sites for hydroxylation is 2. The van der Waals surface area contributed by atoms with Gasteiger partial charge in [0.2, 0.25) is 12.1 Å². The van der Waals surface area contributed by atoms with Crippen LogP contribution in [0.15, 0.2) is 22.7 Å². The maximum Gasteiger partial charge on any atom is 0.429 e. The fourth-order valence-electron chi connectivity index (χ4n) is 3.37. The van der Waals surface area contributed by atoms with Gasteiger partial charge in [0.1, 0.15) is 11.8 Å². The smallest absolute Gasteiger partial charge is 0.429 e. The highest BCUT2D eigenvalue weighted by molar-refractivity contribution is 6.02. The van der Waals surface area contributed by atoms with E-state index in [9.17, 15) is 22.8 Å². The maximum atomic E-state index is 13.7. The van der Waals surface area contributed by atoms with Gasteiger partial charge in [0.05, 0.1) is 12.2 Å². The lowest BCUT2D eigenvalue weighted by Gasteiger charge is -2.30. The first-order valence-corrected chi connectivity index (χ1v) is 10.2. The molecule has 5 N–H and O–H groups in total. The molecule has 0 bridgehead atoms. The SMILES string of the molecule is CCOC(=O)[C@H](CCCN=C(N)NO)NC(=O)C1=Cc2cc(C)cc(C)c2O[C@@H]1C(F)(F)F. The van der Waals surface area contributed by atoms with E-state index >= 15 is 0 Å². The predicted octanol–water partition coefficient (Wildman–Crippen LogP) is 2.13. The van der Waals surface area contributed by atoms with Crippen LogP contribution in [0.2, 0.25) is 0 Å². The fraction of sp³-hybridized carbons (Fsp3) is 0.476. The molecule has 1 amide bonds. The Bertz CT molecular complexity index is 947. The number of ether oxygens (including phenoxy) is 2. The standard InChI is InChI=1S/C21H27F3N4O5/c1-4-32-19(30)15(6-5-7-26-20(25)28-31)27-18(29)14-10-13-9-11(2)8-12(3)16(13)33-17(14)21(22,23)24/h8-10,15,17,31H,4-7H2,1-3H3,(H,27,29)(H3,25,26,28)/t15-,17-/m0/s1. The topological polar surface area (TPSA) is 135 Å². The van der Waals surface area contributed by atoms with E-state index in [1.54, 1.807) is 38.4 Å². The van der Waals surface area contributed by atoms with Gasteiger partial charge in [0, 0.05) is 12.1 Å². The van der Waals surface area contributed by atoms with Gasteiger partial charge in [-0.1, -0.05) is 11.6 Å². The largest absolute Gasteiger partial charge is 0.475 e. The van der Waals surface area contributed by atoms with Gasteiger partial charge < -0.3 is 20.5 Å². The number of aliphatic imine (C=N–C) groups is 1. The van der Waals surface area contributed by atoms with E-state index in [1.807, 2.05) is 0 Å². The van der Waals surface area contributed by atoms with Crippen LogP contribution in [0.1, 0.15) is 36.5 Å². The van der Waals surface area contributed by atoms with Gasteiger partial charge in [-0.2, -0.15) is 13.2 Å². The third kappa shape index (κ3) is 6.85. The molecule has 9 nitrogen and oxygen atoms in total. The summed E-state index contributed by atoms with van der Waals surface area (Å²) in [6.07, 6.45) is -5.97. The molecule has 1 aromatic rings. The highest BCUT2D eigenvalue weighted by Crippen LogP contribution is 2.39. The number of nitrogens with two attached hydrogens (primary N) is 1. The second-order valence-corrected chi connectivity index (χ2v) is 7.44. The summed E-state index contributed by atoms with van der Waals surface area (Å²) in [5, 5.41) is 10.9. The summed E-state index contributed by atoms with van der Waals surface area (Å²) >= 11 is 0. The number of halogens is 3. The number of esters is 1. The zero-order valence-electron chi connectivity index (χ0n) is 18.5. The fourth-order valence-corrected chi connectivity index (χ4v) is 3.37. The highest BCUT2D eigenvalue weighted by Gasteiger charge is 2.48. The maximum absolute atomic E-state index is 13.7. The summed E-state index contributed by atoms with van der Waals surface area (Å²) < 4.78 is 51.4. The molecular formula is C21H27F3N4O5. The van der Waals surface area contributed by atoms with Crippen molar-refractivity contribution in [2.24, 2.45) is 10.7 Å². The van der Waals surface area contributed by atoms with E-state index in [0.29, 0.717) is 11.1 Å². The van der Waals surface area contributed by atoms with Crippen LogP contribution in [0.5, 0.6) is 5.75 Å². The van der Waals surface area contributed by atoms with E-state index in [4.69, 9.17) is 20.4 Å². The van der Waals surface area contributed by atoms with Gasteiger partial charge in [-0.25, -0.2) is 10.3 Å². The molecule has 0 fully saturated rings. The van der Waals surface area contributed by atoms with Crippen LogP contribution in [0.3, 0.4) is 0 Å². The van der Waals surface area contributed by atoms with Crippen LogP contribution in [-0.2, 0) is 14.3 Å². The number of hydroxylamine groups is 1. The summed E-state index contributed by atoms with van der Waals surface area (Å²) in [6, 6.07) is 2.08. The number of amides is 1. The average molecular weight is 472 g/mol. The number of nitrogens with one attached hydrogen (secondary N) is 2. The average Bonchev–Trinajstić information content (AvgIpc) is 2.73. The first kappa shape index (κ1) is 26.0. The van der Waals surface area contributed by atoms with Crippen molar-refractivity contribution in [3.63, 3.8) is 0 Å². The Hall–Kier alpha value is -3.28. The number of carbonyl (C=O) groups excluding carboxylic acids is 2. The zero-order chi connectivity index (χ0) is 24.8. The molecule has 182 valence electrons. The molecule has 1 heterocycles. The molecule has 0 radical (unpaired) electrons. The van der Waals surface area contributed by atoms with Crippen LogP contribution in [0.4, 0.5) is 13.2 Å². The number of rotatable bonds is 8. The van der Waals surface area contributed by atoms with Crippen molar-refractivity contribution in [3.05, 3.63) is 34.4 Å². The molecule has 0 aromatic heterocycles. The monoisotopic (exact) mass is 472 g/mol. The number of hydrogen-bond acceptors (Lipinski definition) is 6. The minimum atomic E-state index is -4.86. The Kier molecular flexibility index (Phi) is 8.69. The molecule has 1 aliphatic rings. The molecule has 33 heavy (non-hydrogen) atoms. The minimum Gasteiger partial charge on any atom is -0.475 e. The van der Waals surface area contributed by atoms with E-state index in [-0.39, 0.29) is 37.7 Å². The molecule has 0 saturated heterocycles. The molecule has 1 aliphatic heterocycles. The minimum absolute atomic E-state index is 0.0202. The van der Waals surface area contributed by atoms with E-state index in [2.05, 4.69) is 10.3 Å². The van der Waals surface area contributed by atoms with Crippen LogP contribution in [0, 0.1) is 13.8 Å². The van der Waals surface area contributed by atoms with Crippen molar-refractivity contribution < 1.29 is 37.4 Å². The number of hydrogen-bond donors (Lipinski definition) is 4. The molecule has 0 unspecified atom stereocenters. The third-order valence-electron chi connectivity index (χ3n) is 4.76. The molecule has 0 aliphatic carbocycles. The van der Waals surface area contributed by atoms with Crippen molar-refractivity contribution >= 4 is 23.9 Å². The lowest BCUT2D eigenvalue weighted by molar-refractivity contribution is -0.185. The predicted molar refractivity (Wildman–Crippen MR) is 114 cm³/mol. The van der Waals surface area contributed by atoms with Crippen molar-refractivity contribution in [3.8, 4) is 5.75 Å². The van der Waals surface area contributed by atoms with Crippen molar-refractivity contribution in [1.29, 1.82) is 0 Å². The van der Waals surface area contributed by atoms with E-state index in [1.165, 1.54) is 0 Å². The molecule has 12 heteroatoms. The summed E-state index contributed by atoms with van der Waals surface area (Å²) in [7, 11) is 0. The van der Waals surface area contributed by atoms with Gasteiger partial charge in [0.15, 0.2) is 0 Å².